The van der Waals surface area contributed by atoms with Crippen LogP contribution in [0.1, 0.15) is 12.8 Å². The second-order valence-corrected chi connectivity index (χ2v) is 8.15. The molecule has 0 amide bonds. The van der Waals surface area contributed by atoms with Gasteiger partial charge in [0.05, 0.1) is 17.7 Å². The van der Waals surface area contributed by atoms with Gasteiger partial charge < -0.3 is 14.5 Å². The summed E-state index contributed by atoms with van der Waals surface area (Å²) in [7, 11) is 4.30. The molecular weight excluding hydrogens is 365 g/mol. The Morgan fingerprint density at radius 1 is 1.10 bits per heavy atom. The van der Waals surface area contributed by atoms with Gasteiger partial charge in [-0.1, -0.05) is 0 Å². The first-order chi connectivity index (χ1) is 14.1. The zero-order chi connectivity index (χ0) is 20.0. The van der Waals surface area contributed by atoms with Crippen molar-refractivity contribution in [1.29, 1.82) is 0 Å². The summed E-state index contributed by atoms with van der Waals surface area (Å²) >= 11 is 0. The Morgan fingerprint density at radius 2 is 1.90 bits per heavy atom. The van der Waals surface area contributed by atoms with Crippen LogP contribution in [0, 0.1) is 11.7 Å². The standard InChI is InChI=1S/C23H24FN5/c1-28(2)18-11-15(12-18)13-29-14-27-21(16-3-5-17(24)6-4-16)22(29)19-7-9-25-23-20(19)8-10-26-23/h3-10,14-15,18H,11-13H2,1-2H3,(H,25,26)/t15-,18+. The van der Waals surface area contributed by atoms with E-state index >= 15 is 0 Å². The van der Waals surface area contributed by atoms with E-state index in [-0.39, 0.29) is 5.82 Å². The number of imidazole rings is 1. The minimum Gasteiger partial charge on any atom is -0.346 e. The molecule has 5 rings (SSSR count). The molecule has 1 N–H and O–H groups in total. The number of hydrogen-bond donors (Lipinski definition) is 1. The third kappa shape index (κ3) is 3.23. The van der Waals surface area contributed by atoms with Crippen LogP contribution < -0.4 is 0 Å². The van der Waals surface area contributed by atoms with E-state index in [1.807, 2.05) is 24.8 Å². The molecule has 1 saturated carbocycles. The lowest BCUT2D eigenvalue weighted by atomic mass is 9.79. The molecule has 1 aromatic carbocycles. The molecule has 1 aliphatic carbocycles. The molecule has 1 fully saturated rings. The van der Waals surface area contributed by atoms with Crippen LogP contribution in [0.3, 0.4) is 0 Å². The van der Waals surface area contributed by atoms with Crippen LogP contribution in [-0.2, 0) is 6.54 Å². The van der Waals surface area contributed by atoms with Crippen molar-refractivity contribution in [3.05, 3.63) is 60.9 Å². The average Bonchev–Trinajstić information content (AvgIpc) is 3.31. The van der Waals surface area contributed by atoms with Crippen molar-refractivity contribution < 1.29 is 4.39 Å². The number of aromatic amines is 1. The van der Waals surface area contributed by atoms with Crippen molar-refractivity contribution in [2.75, 3.05) is 14.1 Å². The molecule has 148 valence electrons. The quantitative estimate of drug-likeness (QED) is 0.544. The summed E-state index contributed by atoms with van der Waals surface area (Å²) in [6.07, 6.45) is 8.06. The van der Waals surface area contributed by atoms with Crippen LogP contribution in [0.5, 0.6) is 0 Å². The van der Waals surface area contributed by atoms with Crippen molar-refractivity contribution in [3.8, 4) is 22.5 Å². The van der Waals surface area contributed by atoms with Crippen LogP contribution in [-0.4, -0.2) is 44.6 Å². The van der Waals surface area contributed by atoms with Gasteiger partial charge >= 0.3 is 0 Å². The zero-order valence-electron chi connectivity index (χ0n) is 16.6. The van der Waals surface area contributed by atoms with E-state index in [2.05, 4.69) is 39.6 Å². The lowest BCUT2D eigenvalue weighted by Gasteiger charge is -2.40. The first kappa shape index (κ1) is 18.1. The van der Waals surface area contributed by atoms with Gasteiger partial charge in [-0.2, -0.15) is 0 Å². The number of nitrogens with zero attached hydrogens (tertiary/aromatic N) is 4. The molecule has 3 aromatic heterocycles. The molecule has 0 unspecified atom stereocenters. The van der Waals surface area contributed by atoms with Gasteiger partial charge in [-0.25, -0.2) is 14.4 Å². The maximum absolute atomic E-state index is 13.5. The highest BCUT2D eigenvalue weighted by Gasteiger charge is 2.31. The van der Waals surface area contributed by atoms with Gasteiger partial charge in [0.2, 0.25) is 0 Å². The summed E-state index contributed by atoms with van der Waals surface area (Å²) in [4.78, 5) is 14.7. The number of pyridine rings is 1. The summed E-state index contributed by atoms with van der Waals surface area (Å²) in [6, 6.07) is 11.3. The summed E-state index contributed by atoms with van der Waals surface area (Å²) in [5, 5.41) is 1.07. The minimum atomic E-state index is -0.240. The van der Waals surface area contributed by atoms with Crippen LogP contribution in [0.4, 0.5) is 4.39 Å². The molecule has 0 radical (unpaired) electrons. The fourth-order valence-electron chi connectivity index (χ4n) is 4.34. The van der Waals surface area contributed by atoms with Crippen molar-refractivity contribution in [3.63, 3.8) is 0 Å². The maximum atomic E-state index is 13.5. The summed E-state index contributed by atoms with van der Waals surface area (Å²) in [6.45, 7) is 0.933. The summed E-state index contributed by atoms with van der Waals surface area (Å²) in [5.41, 5.74) is 4.81. The van der Waals surface area contributed by atoms with E-state index in [0.29, 0.717) is 12.0 Å². The first-order valence-electron chi connectivity index (χ1n) is 10.00. The highest BCUT2D eigenvalue weighted by atomic mass is 19.1. The predicted octanol–water partition coefficient (Wildman–Crippen LogP) is 4.57. The molecule has 0 atom stereocenters. The number of H-pyrrole nitrogens is 1. The normalized spacial score (nSPS) is 19.0. The van der Waals surface area contributed by atoms with Gasteiger partial charge in [0.25, 0.3) is 0 Å². The number of halogens is 1. The molecule has 4 aromatic rings. The highest BCUT2D eigenvalue weighted by Crippen LogP contribution is 2.38. The van der Waals surface area contributed by atoms with E-state index in [1.54, 1.807) is 12.1 Å². The van der Waals surface area contributed by atoms with Crippen molar-refractivity contribution >= 4 is 11.0 Å². The van der Waals surface area contributed by atoms with Gasteiger partial charge in [-0.05, 0) is 69.3 Å². The monoisotopic (exact) mass is 389 g/mol. The predicted molar refractivity (Wildman–Crippen MR) is 113 cm³/mol. The SMILES string of the molecule is CN(C)[C@H]1C[C@@H](Cn2cnc(-c3ccc(F)cc3)c2-c2ccnc3[nH]ccc23)C1. The Hall–Kier alpha value is -2.99. The van der Waals surface area contributed by atoms with E-state index in [9.17, 15) is 4.39 Å². The smallest absolute Gasteiger partial charge is 0.137 e. The van der Waals surface area contributed by atoms with E-state index in [1.165, 1.54) is 25.0 Å². The number of hydrogen-bond acceptors (Lipinski definition) is 3. The van der Waals surface area contributed by atoms with Crippen molar-refractivity contribution in [1.82, 2.24) is 24.4 Å². The molecule has 5 nitrogen and oxygen atoms in total. The van der Waals surface area contributed by atoms with Crippen LogP contribution in [0.25, 0.3) is 33.5 Å². The molecule has 0 spiro atoms. The Kier molecular flexibility index (Phi) is 4.43. The van der Waals surface area contributed by atoms with E-state index in [4.69, 9.17) is 4.98 Å². The second-order valence-electron chi connectivity index (χ2n) is 8.15. The minimum absolute atomic E-state index is 0.240. The molecule has 1 aliphatic rings. The largest absolute Gasteiger partial charge is 0.346 e. The van der Waals surface area contributed by atoms with Crippen LogP contribution in [0.15, 0.2) is 55.1 Å². The van der Waals surface area contributed by atoms with E-state index < -0.39 is 0 Å². The number of rotatable bonds is 5. The number of nitrogens with one attached hydrogen (secondary N) is 1. The molecule has 6 heteroatoms. The Balaban J connectivity index is 1.59. The van der Waals surface area contributed by atoms with Crippen LogP contribution >= 0.6 is 0 Å². The lowest BCUT2D eigenvalue weighted by Crippen LogP contribution is -2.41. The summed E-state index contributed by atoms with van der Waals surface area (Å²) < 4.78 is 15.7. The molecular formula is C23H24FN5. The van der Waals surface area contributed by atoms with Gasteiger partial charge in [0.15, 0.2) is 0 Å². The Morgan fingerprint density at radius 3 is 2.66 bits per heavy atom. The molecule has 0 saturated heterocycles. The molecule has 0 aliphatic heterocycles. The molecule has 0 bridgehead atoms. The van der Waals surface area contributed by atoms with Gasteiger partial charge in [0.1, 0.15) is 11.5 Å². The first-order valence-corrected chi connectivity index (χ1v) is 10.00. The number of fused-ring (bicyclic) bond motifs is 1. The Bertz CT molecular complexity index is 1140. The fraction of sp³-hybridized carbons (Fsp3) is 0.304. The van der Waals surface area contributed by atoms with Crippen LogP contribution in [0.2, 0.25) is 0 Å². The molecule has 29 heavy (non-hydrogen) atoms. The van der Waals surface area contributed by atoms with Crippen molar-refractivity contribution in [2.45, 2.75) is 25.4 Å². The maximum Gasteiger partial charge on any atom is 0.137 e. The third-order valence-electron chi connectivity index (χ3n) is 6.07. The van der Waals surface area contributed by atoms with Gasteiger partial charge in [-0.3, -0.25) is 0 Å². The second kappa shape index (κ2) is 7.12. The highest BCUT2D eigenvalue weighted by molar-refractivity contribution is 5.95. The lowest BCUT2D eigenvalue weighted by molar-refractivity contribution is 0.112. The van der Waals surface area contributed by atoms with E-state index in [0.717, 1.165) is 40.1 Å². The van der Waals surface area contributed by atoms with Gasteiger partial charge in [-0.15, -0.1) is 0 Å². The third-order valence-corrected chi connectivity index (χ3v) is 6.07. The Labute approximate surface area is 169 Å². The number of aromatic nitrogens is 4. The van der Waals surface area contributed by atoms with Crippen molar-refractivity contribution in [2.24, 2.45) is 5.92 Å². The fourth-order valence-corrected chi connectivity index (χ4v) is 4.34. The number of benzene rings is 1. The van der Waals surface area contributed by atoms with Gasteiger partial charge in [0, 0.05) is 41.5 Å². The summed E-state index contributed by atoms with van der Waals surface area (Å²) in [5.74, 6) is 0.399. The zero-order valence-corrected chi connectivity index (χ0v) is 16.6. The average molecular weight is 389 g/mol. The topological polar surface area (TPSA) is 49.7 Å². The molecule has 3 heterocycles.